The van der Waals surface area contributed by atoms with Gasteiger partial charge in [-0.05, 0) is 18.1 Å². The van der Waals surface area contributed by atoms with Crippen molar-refractivity contribution < 1.29 is 0 Å². The molecule has 0 amide bonds. The maximum absolute atomic E-state index is 12.2. The zero-order valence-corrected chi connectivity index (χ0v) is 18.0. The van der Waals surface area contributed by atoms with Crippen LogP contribution in [-0.4, -0.2) is 15.4 Å². The molecule has 0 fully saturated rings. The third kappa shape index (κ3) is 4.82. The minimum absolute atomic E-state index is 0.0286. The molecular weight excluding hydrogens is 386 g/mol. The Labute approximate surface area is 174 Å². The molecule has 0 radical (unpaired) electrons. The largest absolute Gasteiger partial charge is 0.303 e. The number of thiazole rings is 1. The van der Waals surface area contributed by atoms with Crippen LogP contribution < -0.4 is 10.9 Å². The fourth-order valence-electron chi connectivity index (χ4n) is 3.00. The molecule has 4 nitrogen and oxygen atoms in total. The topological polar surface area (TPSA) is 46.4 Å². The average Bonchev–Trinajstić information content (AvgIpc) is 3.19. The van der Waals surface area contributed by atoms with E-state index in [1.807, 2.05) is 25.3 Å². The summed E-state index contributed by atoms with van der Waals surface area (Å²) in [6, 6.07) is 12.2. The van der Waals surface area contributed by atoms with Gasteiger partial charge in [0.05, 0.1) is 5.69 Å². The lowest BCUT2D eigenvalue weighted by molar-refractivity contribution is 0.486. The van der Waals surface area contributed by atoms with E-state index in [2.05, 4.69) is 59.7 Å². The second kappa shape index (κ2) is 9.87. The number of nitrogens with one attached hydrogen (secondary N) is 1. The SMILES string of the molecule is CC.CC1C=CC=C(Sc2ccccc2)[C@@H]1NCc1cc(=O)n2ccsc2n1. The second-order valence-corrected chi connectivity index (χ2v) is 8.25. The predicted molar refractivity (Wildman–Crippen MR) is 120 cm³/mol. The number of hydrogen-bond acceptors (Lipinski definition) is 5. The van der Waals surface area contributed by atoms with Crippen LogP contribution in [0, 0.1) is 5.92 Å². The lowest BCUT2D eigenvalue weighted by Gasteiger charge is -2.28. The van der Waals surface area contributed by atoms with Crippen molar-refractivity contribution in [2.45, 2.75) is 38.3 Å². The number of benzene rings is 1. The molecule has 4 rings (SSSR count). The first kappa shape index (κ1) is 20.6. The van der Waals surface area contributed by atoms with Gasteiger partial charge in [-0.3, -0.25) is 9.20 Å². The summed E-state index contributed by atoms with van der Waals surface area (Å²) in [6.07, 6.45) is 8.26. The minimum Gasteiger partial charge on any atom is -0.303 e. The van der Waals surface area contributed by atoms with Crippen LogP contribution in [0.5, 0.6) is 0 Å². The van der Waals surface area contributed by atoms with E-state index in [9.17, 15) is 4.79 Å². The van der Waals surface area contributed by atoms with Crippen molar-refractivity contribution in [3.8, 4) is 0 Å². The van der Waals surface area contributed by atoms with Crippen LogP contribution in [0.2, 0.25) is 0 Å². The van der Waals surface area contributed by atoms with E-state index in [0.29, 0.717) is 12.5 Å². The van der Waals surface area contributed by atoms with Gasteiger partial charge in [-0.1, -0.05) is 69.0 Å². The summed E-state index contributed by atoms with van der Waals surface area (Å²) < 4.78 is 1.58. The fourth-order valence-corrected chi connectivity index (χ4v) is 4.88. The van der Waals surface area contributed by atoms with Gasteiger partial charge in [0.1, 0.15) is 0 Å². The van der Waals surface area contributed by atoms with Crippen molar-refractivity contribution in [2.75, 3.05) is 0 Å². The molecule has 0 saturated carbocycles. The predicted octanol–water partition coefficient (Wildman–Crippen LogP) is 5.12. The summed E-state index contributed by atoms with van der Waals surface area (Å²) in [7, 11) is 0. The highest BCUT2D eigenvalue weighted by molar-refractivity contribution is 8.03. The van der Waals surface area contributed by atoms with Crippen molar-refractivity contribution in [3.05, 3.63) is 87.2 Å². The first-order valence-electron chi connectivity index (χ1n) is 9.51. The van der Waals surface area contributed by atoms with E-state index in [-0.39, 0.29) is 11.6 Å². The Hall–Kier alpha value is -2.15. The monoisotopic (exact) mass is 411 g/mol. The second-order valence-electron chi connectivity index (χ2n) is 6.23. The van der Waals surface area contributed by atoms with E-state index in [1.165, 1.54) is 21.1 Å². The summed E-state index contributed by atoms with van der Waals surface area (Å²) in [6.45, 7) is 6.77. The molecule has 2 heterocycles. The fraction of sp³-hybridized carbons (Fsp3) is 0.273. The lowest BCUT2D eigenvalue weighted by Crippen LogP contribution is -2.36. The molecule has 1 unspecified atom stereocenters. The maximum atomic E-state index is 12.2. The summed E-state index contributed by atoms with van der Waals surface area (Å²) in [5.74, 6) is 0.373. The summed E-state index contributed by atoms with van der Waals surface area (Å²) in [5, 5.41) is 5.48. The number of allylic oxidation sites excluding steroid dienone is 2. The molecule has 0 saturated heterocycles. The number of hydrogen-bond donors (Lipinski definition) is 1. The van der Waals surface area contributed by atoms with E-state index < -0.39 is 0 Å². The first-order chi connectivity index (χ1) is 13.7. The van der Waals surface area contributed by atoms with Crippen LogP contribution in [0.15, 0.2) is 80.8 Å². The molecule has 1 aliphatic carbocycles. The van der Waals surface area contributed by atoms with Crippen molar-refractivity contribution in [2.24, 2.45) is 5.92 Å². The molecule has 1 aliphatic rings. The van der Waals surface area contributed by atoms with E-state index in [4.69, 9.17) is 0 Å². The number of fused-ring (bicyclic) bond motifs is 1. The van der Waals surface area contributed by atoms with Crippen molar-refractivity contribution in [3.63, 3.8) is 0 Å². The Kier molecular flexibility index (Phi) is 7.25. The van der Waals surface area contributed by atoms with Gasteiger partial charge in [0.25, 0.3) is 5.56 Å². The molecule has 6 heteroatoms. The van der Waals surface area contributed by atoms with Crippen molar-refractivity contribution in [1.82, 2.24) is 14.7 Å². The molecule has 2 atom stereocenters. The number of rotatable bonds is 5. The van der Waals surface area contributed by atoms with Gasteiger partial charge in [0.2, 0.25) is 0 Å². The van der Waals surface area contributed by atoms with E-state index in [1.54, 1.807) is 28.4 Å². The van der Waals surface area contributed by atoms with Crippen molar-refractivity contribution in [1.29, 1.82) is 0 Å². The molecule has 0 bridgehead atoms. The number of thioether (sulfide) groups is 1. The molecule has 1 aromatic carbocycles. The third-order valence-electron chi connectivity index (χ3n) is 4.35. The molecule has 1 N–H and O–H groups in total. The highest BCUT2D eigenvalue weighted by Gasteiger charge is 2.22. The smallest absolute Gasteiger partial charge is 0.258 e. The van der Waals surface area contributed by atoms with Crippen molar-refractivity contribution >= 4 is 28.1 Å². The summed E-state index contributed by atoms with van der Waals surface area (Å²) in [4.78, 5) is 20.0. The normalized spacial score (nSPS) is 18.5. The molecule has 146 valence electrons. The van der Waals surface area contributed by atoms with E-state index in [0.717, 1.165) is 10.7 Å². The lowest BCUT2D eigenvalue weighted by atomic mass is 9.97. The number of nitrogens with zero attached hydrogens (tertiary/aromatic N) is 2. The van der Waals surface area contributed by atoms with Crippen LogP contribution >= 0.6 is 23.1 Å². The van der Waals surface area contributed by atoms with Crippen LogP contribution in [0.4, 0.5) is 0 Å². The van der Waals surface area contributed by atoms with Crippen LogP contribution in [0.3, 0.4) is 0 Å². The average molecular weight is 412 g/mol. The molecule has 28 heavy (non-hydrogen) atoms. The van der Waals surface area contributed by atoms with Gasteiger partial charge < -0.3 is 5.32 Å². The minimum atomic E-state index is -0.0286. The van der Waals surface area contributed by atoms with Crippen LogP contribution in [-0.2, 0) is 6.54 Å². The quantitative estimate of drug-likeness (QED) is 0.633. The van der Waals surface area contributed by atoms with Gasteiger partial charge in [-0.25, -0.2) is 4.98 Å². The van der Waals surface area contributed by atoms with Gasteiger partial charge in [-0.15, -0.1) is 11.3 Å². The zero-order valence-electron chi connectivity index (χ0n) is 16.3. The molecule has 2 aromatic heterocycles. The Bertz CT molecular complexity index is 1020. The molecule has 0 spiro atoms. The standard InChI is InChI=1S/C20H19N3OS2.C2H6/c1-14-6-5-9-17(26-16-7-3-2-4-8-16)19(14)21-13-15-12-18(24)23-10-11-25-20(23)22-15;1-2/h2-12,14,19,21H,13H2,1H3;1-2H3/t14?,19-;/m1./s1. The molecule has 3 aromatic rings. The zero-order chi connectivity index (χ0) is 19.9. The van der Waals surface area contributed by atoms with Crippen LogP contribution in [0.1, 0.15) is 26.5 Å². The Balaban J connectivity index is 0.00000109. The van der Waals surface area contributed by atoms with Gasteiger partial charge in [0.15, 0.2) is 4.96 Å². The van der Waals surface area contributed by atoms with Gasteiger partial charge in [-0.2, -0.15) is 0 Å². The highest BCUT2D eigenvalue weighted by Crippen LogP contribution is 2.34. The van der Waals surface area contributed by atoms with Crippen LogP contribution in [0.25, 0.3) is 4.96 Å². The van der Waals surface area contributed by atoms with Gasteiger partial charge in [0, 0.05) is 40.0 Å². The molecule has 0 aliphatic heterocycles. The summed E-state index contributed by atoms with van der Waals surface area (Å²) >= 11 is 3.26. The van der Waals surface area contributed by atoms with E-state index >= 15 is 0 Å². The summed E-state index contributed by atoms with van der Waals surface area (Å²) in [5.41, 5.74) is 0.752. The number of aromatic nitrogens is 2. The Morgan fingerprint density at radius 1 is 1.25 bits per heavy atom. The maximum Gasteiger partial charge on any atom is 0.258 e. The Morgan fingerprint density at radius 3 is 2.82 bits per heavy atom. The third-order valence-corrected chi connectivity index (χ3v) is 6.24. The highest BCUT2D eigenvalue weighted by atomic mass is 32.2. The Morgan fingerprint density at radius 2 is 2.04 bits per heavy atom. The molecular formula is C22H25N3OS2. The first-order valence-corrected chi connectivity index (χ1v) is 11.2. The van der Waals surface area contributed by atoms with Gasteiger partial charge >= 0.3 is 0 Å².